The molecule has 1 unspecified atom stereocenters. The van der Waals surface area contributed by atoms with E-state index < -0.39 is 6.10 Å². The van der Waals surface area contributed by atoms with Crippen LogP contribution in [0.2, 0.25) is 0 Å². The molecule has 0 radical (unpaired) electrons. The summed E-state index contributed by atoms with van der Waals surface area (Å²) in [5.41, 5.74) is 0. The molecular formula is C15H21NO2. The van der Waals surface area contributed by atoms with Crippen LogP contribution in [0.25, 0.3) is 0 Å². The number of benzene rings is 1. The standard InChI is InChI=1S/C15H21NO2/c1-13(18-14-9-5-4-6-10-14)15(17)16-11-7-2-3-8-12-16/h4-6,9-10,13H,2-3,7-8,11-12H2,1H3. The van der Waals surface area contributed by atoms with Crippen molar-refractivity contribution in [2.45, 2.75) is 38.7 Å². The minimum atomic E-state index is -0.398. The van der Waals surface area contributed by atoms with Crippen molar-refractivity contribution >= 4 is 5.91 Å². The lowest BCUT2D eigenvalue weighted by atomic mass is 10.2. The molecule has 2 rings (SSSR count). The monoisotopic (exact) mass is 247 g/mol. The smallest absolute Gasteiger partial charge is 0.263 e. The fraction of sp³-hybridized carbons (Fsp3) is 0.533. The summed E-state index contributed by atoms with van der Waals surface area (Å²) < 4.78 is 5.68. The van der Waals surface area contributed by atoms with Gasteiger partial charge in [-0.1, -0.05) is 31.0 Å². The predicted molar refractivity (Wildman–Crippen MR) is 71.6 cm³/mol. The fourth-order valence-corrected chi connectivity index (χ4v) is 2.30. The SMILES string of the molecule is CC(Oc1ccccc1)C(=O)N1CCCCCC1. The molecule has 0 saturated carbocycles. The summed E-state index contributed by atoms with van der Waals surface area (Å²) in [4.78, 5) is 14.2. The van der Waals surface area contributed by atoms with E-state index in [2.05, 4.69) is 0 Å². The van der Waals surface area contributed by atoms with E-state index in [1.165, 1.54) is 12.8 Å². The minimum Gasteiger partial charge on any atom is -0.481 e. The van der Waals surface area contributed by atoms with E-state index in [1.807, 2.05) is 42.2 Å². The number of amides is 1. The molecule has 1 aromatic carbocycles. The van der Waals surface area contributed by atoms with Gasteiger partial charge in [0, 0.05) is 13.1 Å². The highest BCUT2D eigenvalue weighted by atomic mass is 16.5. The van der Waals surface area contributed by atoms with E-state index in [4.69, 9.17) is 4.74 Å². The van der Waals surface area contributed by atoms with Crippen molar-refractivity contribution in [3.8, 4) is 5.75 Å². The summed E-state index contributed by atoms with van der Waals surface area (Å²) >= 11 is 0. The van der Waals surface area contributed by atoms with E-state index in [0.29, 0.717) is 0 Å². The van der Waals surface area contributed by atoms with Crippen molar-refractivity contribution in [1.29, 1.82) is 0 Å². The largest absolute Gasteiger partial charge is 0.481 e. The molecule has 1 saturated heterocycles. The number of rotatable bonds is 3. The van der Waals surface area contributed by atoms with Gasteiger partial charge in [0.15, 0.2) is 6.10 Å². The molecule has 0 bridgehead atoms. The van der Waals surface area contributed by atoms with Gasteiger partial charge in [-0.2, -0.15) is 0 Å². The molecule has 3 nitrogen and oxygen atoms in total. The summed E-state index contributed by atoms with van der Waals surface area (Å²) in [6, 6.07) is 9.53. The van der Waals surface area contributed by atoms with E-state index in [0.717, 1.165) is 31.7 Å². The molecule has 1 atom stereocenters. The first kappa shape index (κ1) is 12.9. The third-order valence-electron chi connectivity index (χ3n) is 3.32. The van der Waals surface area contributed by atoms with Crippen molar-refractivity contribution in [2.75, 3.05) is 13.1 Å². The first-order valence-electron chi connectivity index (χ1n) is 6.78. The maximum absolute atomic E-state index is 12.3. The topological polar surface area (TPSA) is 29.5 Å². The highest BCUT2D eigenvalue weighted by molar-refractivity contribution is 5.80. The van der Waals surface area contributed by atoms with E-state index in [9.17, 15) is 4.79 Å². The van der Waals surface area contributed by atoms with Gasteiger partial charge < -0.3 is 9.64 Å². The van der Waals surface area contributed by atoms with Gasteiger partial charge in [0.25, 0.3) is 5.91 Å². The highest BCUT2D eigenvalue weighted by Gasteiger charge is 2.22. The summed E-state index contributed by atoms with van der Waals surface area (Å²) in [5, 5.41) is 0. The number of likely N-dealkylation sites (tertiary alicyclic amines) is 1. The predicted octanol–water partition coefficient (Wildman–Crippen LogP) is 2.86. The zero-order valence-corrected chi connectivity index (χ0v) is 11.0. The van der Waals surface area contributed by atoms with Crippen molar-refractivity contribution in [3.05, 3.63) is 30.3 Å². The van der Waals surface area contributed by atoms with Crippen LogP contribution in [-0.2, 0) is 4.79 Å². The van der Waals surface area contributed by atoms with Gasteiger partial charge in [-0.25, -0.2) is 0 Å². The van der Waals surface area contributed by atoms with Crippen LogP contribution in [0.4, 0.5) is 0 Å². The first-order chi connectivity index (χ1) is 8.77. The third-order valence-corrected chi connectivity index (χ3v) is 3.32. The normalized spacial score (nSPS) is 17.9. The molecule has 1 aliphatic heterocycles. The van der Waals surface area contributed by atoms with E-state index >= 15 is 0 Å². The first-order valence-corrected chi connectivity index (χ1v) is 6.78. The summed E-state index contributed by atoms with van der Waals surface area (Å²) in [5.74, 6) is 0.869. The van der Waals surface area contributed by atoms with Crippen molar-refractivity contribution in [1.82, 2.24) is 4.90 Å². The van der Waals surface area contributed by atoms with Gasteiger partial charge in [-0.3, -0.25) is 4.79 Å². The number of carbonyl (C=O) groups excluding carboxylic acids is 1. The highest BCUT2D eigenvalue weighted by Crippen LogP contribution is 2.15. The molecular weight excluding hydrogens is 226 g/mol. The van der Waals surface area contributed by atoms with Crippen LogP contribution in [0.5, 0.6) is 5.75 Å². The van der Waals surface area contributed by atoms with Crippen LogP contribution < -0.4 is 4.74 Å². The Kier molecular flexibility index (Phi) is 4.62. The van der Waals surface area contributed by atoms with E-state index in [-0.39, 0.29) is 5.91 Å². The molecule has 0 aromatic heterocycles. The molecule has 98 valence electrons. The zero-order valence-electron chi connectivity index (χ0n) is 11.0. The molecule has 1 fully saturated rings. The molecule has 3 heteroatoms. The molecule has 18 heavy (non-hydrogen) atoms. The number of ether oxygens (including phenoxy) is 1. The molecule has 1 amide bonds. The van der Waals surface area contributed by atoms with Crippen LogP contribution in [0.3, 0.4) is 0 Å². The second kappa shape index (κ2) is 6.43. The van der Waals surface area contributed by atoms with Gasteiger partial charge in [0.05, 0.1) is 0 Å². The Bertz CT molecular complexity index is 369. The van der Waals surface area contributed by atoms with E-state index in [1.54, 1.807) is 0 Å². The summed E-state index contributed by atoms with van der Waals surface area (Å²) in [6.45, 7) is 3.59. The molecule has 1 heterocycles. The lowest BCUT2D eigenvalue weighted by Crippen LogP contribution is -2.40. The Labute approximate surface area is 109 Å². The number of para-hydroxylation sites is 1. The van der Waals surface area contributed by atoms with Gasteiger partial charge in [0.2, 0.25) is 0 Å². The molecule has 1 aliphatic rings. The average Bonchev–Trinajstić information content (AvgIpc) is 2.68. The number of hydrogen-bond acceptors (Lipinski definition) is 2. The molecule has 0 spiro atoms. The van der Waals surface area contributed by atoms with Crippen LogP contribution in [0, 0.1) is 0 Å². The molecule has 0 N–H and O–H groups in total. The Morgan fingerprint density at radius 2 is 1.72 bits per heavy atom. The third kappa shape index (κ3) is 3.49. The zero-order chi connectivity index (χ0) is 12.8. The number of carbonyl (C=O) groups is 1. The van der Waals surface area contributed by atoms with Crippen LogP contribution >= 0.6 is 0 Å². The van der Waals surface area contributed by atoms with Crippen molar-refractivity contribution in [2.24, 2.45) is 0 Å². The average molecular weight is 247 g/mol. The van der Waals surface area contributed by atoms with Crippen LogP contribution in [0.1, 0.15) is 32.6 Å². The maximum atomic E-state index is 12.3. The van der Waals surface area contributed by atoms with Gasteiger partial charge in [-0.05, 0) is 31.9 Å². The molecule has 0 aliphatic carbocycles. The second-order valence-corrected chi connectivity index (χ2v) is 4.81. The Morgan fingerprint density at radius 3 is 2.33 bits per heavy atom. The minimum absolute atomic E-state index is 0.112. The van der Waals surface area contributed by atoms with Crippen molar-refractivity contribution in [3.63, 3.8) is 0 Å². The van der Waals surface area contributed by atoms with Crippen molar-refractivity contribution < 1.29 is 9.53 Å². The lowest BCUT2D eigenvalue weighted by molar-refractivity contribution is -0.137. The molecule has 1 aromatic rings. The Morgan fingerprint density at radius 1 is 1.11 bits per heavy atom. The summed E-state index contributed by atoms with van der Waals surface area (Å²) in [7, 11) is 0. The van der Waals surface area contributed by atoms with Gasteiger partial charge in [0.1, 0.15) is 5.75 Å². The summed E-state index contributed by atoms with van der Waals surface area (Å²) in [6.07, 6.45) is 4.30. The van der Waals surface area contributed by atoms with Gasteiger partial charge in [-0.15, -0.1) is 0 Å². The fourth-order valence-electron chi connectivity index (χ4n) is 2.30. The quantitative estimate of drug-likeness (QED) is 0.822. The van der Waals surface area contributed by atoms with Crippen LogP contribution in [-0.4, -0.2) is 30.0 Å². The lowest BCUT2D eigenvalue weighted by Gasteiger charge is -2.24. The van der Waals surface area contributed by atoms with Crippen LogP contribution in [0.15, 0.2) is 30.3 Å². The Balaban J connectivity index is 1.91. The maximum Gasteiger partial charge on any atom is 0.263 e. The number of hydrogen-bond donors (Lipinski definition) is 0. The second-order valence-electron chi connectivity index (χ2n) is 4.81. The van der Waals surface area contributed by atoms with Gasteiger partial charge >= 0.3 is 0 Å². The number of nitrogens with zero attached hydrogens (tertiary/aromatic N) is 1. The Hall–Kier alpha value is -1.51.